The fourth-order valence-electron chi connectivity index (χ4n) is 3.47. The van der Waals surface area contributed by atoms with E-state index < -0.39 is 23.0 Å². The molecule has 3 rings (SSSR count). The molecule has 8 nitrogen and oxygen atoms in total. The van der Waals surface area contributed by atoms with Crippen LogP contribution in [0.5, 0.6) is 17.2 Å². The maximum absolute atomic E-state index is 13.5. The normalized spacial score (nSPS) is 15.8. The van der Waals surface area contributed by atoms with Gasteiger partial charge in [-0.1, -0.05) is 0 Å². The Morgan fingerprint density at radius 1 is 1.21 bits per heavy atom. The van der Waals surface area contributed by atoms with E-state index in [1.165, 1.54) is 0 Å². The molecular formula is C20H21FN2O6. The smallest absolute Gasteiger partial charge is 0.311 e. The molecule has 0 aromatic heterocycles. The number of hydrogen-bond acceptors (Lipinski definition) is 6. The number of nitro benzene ring substituents is 1. The van der Waals surface area contributed by atoms with Gasteiger partial charge in [-0.2, -0.15) is 0 Å². The summed E-state index contributed by atoms with van der Waals surface area (Å²) in [6.07, 6.45) is 1.52. The van der Waals surface area contributed by atoms with Gasteiger partial charge in [0, 0.05) is 24.2 Å². The second-order valence-electron chi connectivity index (χ2n) is 6.51. The van der Waals surface area contributed by atoms with Crippen molar-refractivity contribution in [1.29, 1.82) is 0 Å². The third-order valence-electron chi connectivity index (χ3n) is 4.84. The van der Waals surface area contributed by atoms with Gasteiger partial charge < -0.3 is 19.1 Å². The Kier molecular flexibility index (Phi) is 6.16. The number of nitrogens with zero attached hydrogens (tertiary/aromatic N) is 2. The van der Waals surface area contributed by atoms with E-state index in [4.69, 9.17) is 14.2 Å². The lowest BCUT2D eigenvalue weighted by molar-refractivity contribution is -0.385. The molecule has 0 unspecified atom stereocenters. The molecule has 1 atom stereocenters. The quantitative estimate of drug-likeness (QED) is 0.518. The third-order valence-corrected chi connectivity index (χ3v) is 4.84. The molecule has 1 saturated heterocycles. The number of nitro groups is 1. The van der Waals surface area contributed by atoms with E-state index in [2.05, 4.69) is 0 Å². The lowest BCUT2D eigenvalue weighted by Crippen LogP contribution is -2.34. The van der Waals surface area contributed by atoms with Crippen molar-refractivity contribution in [2.45, 2.75) is 18.9 Å². The van der Waals surface area contributed by atoms with E-state index >= 15 is 0 Å². The SMILES string of the molecule is COc1ccc(OC)c([C@@H]2CCCN2C(=O)COc2cc(F)ccc2[N+](=O)[O-])c1. The molecule has 1 fully saturated rings. The van der Waals surface area contributed by atoms with E-state index in [9.17, 15) is 19.3 Å². The summed E-state index contributed by atoms with van der Waals surface area (Å²) in [5, 5.41) is 11.1. The summed E-state index contributed by atoms with van der Waals surface area (Å²) >= 11 is 0. The summed E-state index contributed by atoms with van der Waals surface area (Å²) in [7, 11) is 3.11. The number of carbonyl (C=O) groups is 1. The van der Waals surface area contributed by atoms with Gasteiger partial charge in [0.15, 0.2) is 6.61 Å². The van der Waals surface area contributed by atoms with Gasteiger partial charge in [0.1, 0.15) is 17.3 Å². The van der Waals surface area contributed by atoms with Crippen LogP contribution in [-0.4, -0.2) is 43.1 Å². The first-order valence-electron chi connectivity index (χ1n) is 9.02. The fraction of sp³-hybridized carbons (Fsp3) is 0.350. The highest BCUT2D eigenvalue weighted by atomic mass is 19.1. The van der Waals surface area contributed by atoms with Crippen molar-refractivity contribution in [3.05, 3.63) is 57.9 Å². The topological polar surface area (TPSA) is 91.1 Å². The standard InChI is InChI=1S/C20H21FN2O6/c1-27-14-6-8-18(28-2)15(11-14)16-4-3-9-22(16)20(24)12-29-19-10-13(21)5-7-17(19)23(25)26/h5-8,10-11,16H,3-4,9,12H2,1-2H3/t16-/m0/s1. The summed E-state index contributed by atoms with van der Waals surface area (Å²) in [6, 6.07) is 8.02. The van der Waals surface area contributed by atoms with Crippen molar-refractivity contribution in [1.82, 2.24) is 4.90 Å². The zero-order valence-corrected chi connectivity index (χ0v) is 16.1. The second kappa shape index (κ2) is 8.76. The van der Waals surface area contributed by atoms with Crippen LogP contribution in [-0.2, 0) is 4.79 Å². The van der Waals surface area contributed by atoms with Crippen molar-refractivity contribution >= 4 is 11.6 Å². The molecule has 0 radical (unpaired) electrons. The number of carbonyl (C=O) groups excluding carboxylic acids is 1. The predicted molar refractivity (Wildman–Crippen MR) is 102 cm³/mol. The Morgan fingerprint density at radius 3 is 2.69 bits per heavy atom. The number of benzene rings is 2. The van der Waals surface area contributed by atoms with Crippen LogP contribution in [0.25, 0.3) is 0 Å². The van der Waals surface area contributed by atoms with Crippen molar-refractivity contribution in [3.8, 4) is 17.2 Å². The molecule has 0 spiro atoms. The van der Waals surface area contributed by atoms with Crippen molar-refractivity contribution in [2.24, 2.45) is 0 Å². The summed E-state index contributed by atoms with van der Waals surface area (Å²) < 4.78 is 29.5. The minimum atomic E-state index is -0.682. The number of amides is 1. The Morgan fingerprint density at radius 2 is 2.00 bits per heavy atom. The lowest BCUT2D eigenvalue weighted by Gasteiger charge is -2.26. The molecule has 154 valence electrons. The molecule has 0 N–H and O–H groups in total. The molecule has 9 heteroatoms. The van der Waals surface area contributed by atoms with Gasteiger partial charge in [-0.3, -0.25) is 14.9 Å². The Labute approximate surface area is 166 Å². The zero-order valence-electron chi connectivity index (χ0n) is 16.1. The monoisotopic (exact) mass is 404 g/mol. The summed E-state index contributed by atoms with van der Waals surface area (Å²) in [5.41, 5.74) is 0.418. The molecular weight excluding hydrogens is 383 g/mol. The third kappa shape index (κ3) is 4.39. The van der Waals surface area contributed by atoms with E-state index in [1.54, 1.807) is 31.3 Å². The summed E-state index contributed by atoms with van der Waals surface area (Å²) in [5.74, 6) is -0.0314. The maximum atomic E-state index is 13.5. The number of rotatable bonds is 7. The minimum absolute atomic E-state index is 0.237. The zero-order chi connectivity index (χ0) is 21.0. The van der Waals surface area contributed by atoms with Crippen LogP contribution in [0.3, 0.4) is 0 Å². The minimum Gasteiger partial charge on any atom is -0.497 e. The Bertz CT molecular complexity index is 920. The van der Waals surface area contributed by atoms with Gasteiger partial charge in [0.05, 0.1) is 25.2 Å². The average molecular weight is 404 g/mol. The summed E-state index contributed by atoms with van der Waals surface area (Å²) in [6.45, 7) is 0.0749. The van der Waals surface area contributed by atoms with Gasteiger partial charge in [-0.25, -0.2) is 4.39 Å². The molecule has 1 aliphatic rings. The van der Waals surface area contributed by atoms with Gasteiger partial charge >= 0.3 is 5.69 Å². The van der Waals surface area contributed by atoms with Crippen LogP contribution in [0.1, 0.15) is 24.4 Å². The molecule has 1 amide bonds. The highest BCUT2D eigenvalue weighted by Crippen LogP contribution is 2.39. The Balaban J connectivity index is 1.78. The second-order valence-corrected chi connectivity index (χ2v) is 6.51. The highest BCUT2D eigenvalue weighted by Gasteiger charge is 2.32. The highest BCUT2D eigenvalue weighted by molar-refractivity contribution is 5.79. The predicted octanol–water partition coefficient (Wildman–Crippen LogP) is 3.49. The Hall–Kier alpha value is -3.36. The maximum Gasteiger partial charge on any atom is 0.311 e. The van der Waals surface area contributed by atoms with Gasteiger partial charge in [0.25, 0.3) is 5.91 Å². The van der Waals surface area contributed by atoms with Crippen LogP contribution in [0.4, 0.5) is 10.1 Å². The van der Waals surface area contributed by atoms with Crippen LogP contribution in [0, 0.1) is 15.9 Å². The van der Waals surface area contributed by atoms with E-state index in [1.807, 2.05) is 6.07 Å². The number of halogens is 1. The molecule has 2 aromatic carbocycles. The first-order chi connectivity index (χ1) is 13.9. The van der Waals surface area contributed by atoms with Gasteiger partial charge in [-0.05, 0) is 37.1 Å². The van der Waals surface area contributed by atoms with Crippen molar-refractivity contribution < 1.29 is 28.3 Å². The van der Waals surface area contributed by atoms with Crippen LogP contribution >= 0.6 is 0 Å². The van der Waals surface area contributed by atoms with E-state index in [-0.39, 0.29) is 17.7 Å². The number of ether oxygens (including phenoxy) is 3. The molecule has 0 bridgehead atoms. The number of methoxy groups -OCH3 is 2. The van der Waals surface area contributed by atoms with Crippen LogP contribution in [0.2, 0.25) is 0 Å². The average Bonchev–Trinajstić information content (AvgIpc) is 3.21. The summed E-state index contributed by atoms with van der Waals surface area (Å²) in [4.78, 5) is 24.8. The van der Waals surface area contributed by atoms with Crippen molar-refractivity contribution in [3.63, 3.8) is 0 Å². The molecule has 2 aromatic rings. The molecule has 1 aliphatic heterocycles. The molecule has 29 heavy (non-hydrogen) atoms. The fourth-order valence-corrected chi connectivity index (χ4v) is 3.47. The first-order valence-corrected chi connectivity index (χ1v) is 9.02. The van der Waals surface area contributed by atoms with Gasteiger partial charge in [0.2, 0.25) is 5.75 Å². The lowest BCUT2D eigenvalue weighted by atomic mass is 10.0. The largest absolute Gasteiger partial charge is 0.497 e. The first kappa shape index (κ1) is 20.4. The molecule has 0 aliphatic carbocycles. The number of hydrogen-bond donors (Lipinski definition) is 0. The van der Waals surface area contributed by atoms with Crippen LogP contribution < -0.4 is 14.2 Å². The number of likely N-dealkylation sites (tertiary alicyclic amines) is 1. The molecule has 1 heterocycles. The van der Waals surface area contributed by atoms with E-state index in [0.29, 0.717) is 18.0 Å². The van der Waals surface area contributed by atoms with E-state index in [0.717, 1.165) is 36.6 Å². The van der Waals surface area contributed by atoms with Crippen LogP contribution in [0.15, 0.2) is 36.4 Å². The molecule has 0 saturated carbocycles. The van der Waals surface area contributed by atoms with Gasteiger partial charge in [-0.15, -0.1) is 0 Å². The van der Waals surface area contributed by atoms with Crippen molar-refractivity contribution in [2.75, 3.05) is 27.4 Å².